The quantitative estimate of drug-likeness (QED) is 0.258. The summed E-state index contributed by atoms with van der Waals surface area (Å²) in [5, 5.41) is 16.4. The van der Waals surface area contributed by atoms with E-state index in [0.717, 1.165) is 12.8 Å². The molecule has 0 spiro atoms. The lowest BCUT2D eigenvalue weighted by Crippen LogP contribution is -2.24. The molecule has 2 amide bonds. The molecule has 0 saturated heterocycles. The molecule has 1 aromatic carbocycles. The standard InChI is InChI=1S/C21H33N3O4/c1-3-4-5-6-7-8-9-10-11-12-15-22-21(26)18-13-14-19(23-17(2)25)20(16-18)24(27)28/h13-14,16H,3-12,15H2,1-2H3,(H,22,26)(H,23,25). The Balaban J connectivity index is 2.29. The number of unbranched alkanes of at least 4 members (excludes halogenated alkanes) is 9. The van der Waals surface area contributed by atoms with Crippen LogP contribution in [0.25, 0.3) is 0 Å². The minimum atomic E-state index is -0.607. The minimum Gasteiger partial charge on any atom is -0.352 e. The van der Waals surface area contributed by atoms with Crippen molar-refractivity contribution >= 4 is 23.2 Å². The first-order valence-electron chi connectivity index (χ1n) is 10.3. The lowest BCUT2D eigenvalue weighted by Gasteiger charge is -2.08. The Morgan fingerprint density at radius 2 is 1.54 bits per heavy atom. The third kappa shape index (κ3) is 9.48. The maximum Gasteiger partial charge on any atom is 0.293 e. The molecule has 0 aliphatic heterocycles. The number of anilines is 1. The highest BCUT2D eigenvalue weighted by Gasteiger charge is 2.18. The molecule has 2 N–H and O–H groups in total. The summed E-state index contributed by atoms with van der Waals surface area (Å²) in [6.07, 6.45) is 12.2. The van der Waals surface area contributed by atoms with Crippen LogP contribution in [0, 0.1) is 10.1 Å². The van der Waals surface area contributed by atoms with Crippen LogP contribution in [0.4, 0.5) is 11.4 Å². The summed E-state index contributed by atoms with van der Waals surface area (Å²) < 4.78 is 0. The average Bonchev–Trinajstić information content (AvgIpc) is 2.65. The van der Waals surface area contributed by atoms with Crippen molar-refractivity contribution < 1.29 is 14.5 Å². The van der Waals surface area contributed by atoms with Gasteiger partial charge in [0, 0.05) is 25.1 Å². The molecule has 1 rings (SSSR count). The van der Waals surface area contributed by atoms with E-state index in [1.165, 1.54) is 76.5 Å². The van der Waals surface area contributed by atoms with Gasteiger partial charge in [-0.2, -0.15) is 0 Å². The molecule has 28 heavy (non-hydrogen) atoms. The first-order chi connectivity index (χ1) is 13.5. The van der Waals surface area contributed by atoms with Gasteiger partial charge in [0.05, 0.1) is 4.92 Å². The second kappa shape index (κ2) is 13.7. The molecule has 0 fully saturated rings. The summed E-state index contributed by atoms with van der Waals surface area (Å²) in [6, 6.07) is 4.06. The van der Waals surface area contributed by atoms with Gasteiger partial charge in [-0.25, -0.2) is 0 Å². The number of nitro benzene ring substituents is 1. The molecular weight excluding hydrogens is 358 g/mol. The molecule has 1 aromatic rings. The van der Waals surface area contributed by atoms with E-state index in [9.17, 15) is 19.7 Å². The molecule has 0 unspecified atom stereocenters. The molecule has 0 aliphatic rings. The number of nitrogens with zero attached hydrogens (tertiary/aromatic N) is 1. The van der Waals surface area contributed by atoms with Gasteiger partial charge < -0.3 is 10.6 Å². The fourth-order valence-corrected chi connectivity index (χ4v) is 3.04. The molecular formula is C21H33N3O4. The Hall–Kier alpha value is -2.44. The van der Waals surface area contributed by atoms with E-state index in [2.05, 4.69) is 17.6 Å². The molecule has 0 aliphatic carbocycles. The van der Waals surface area contributed by atoms with E-state index >= 15 is 0 Å². The van der Waals surface area contributed by atoms with Crippen molar-refractivity contribution in [3.63, 3.8) is 0 Å². The van der Waals surface area contributed by atoms with Crippen molar-refractivity contribution in [2.24, 2.45) is 0 Å². The van der Waals surface area contributed by atoms with Gasteiger partial charge >= 0.3 is 0 Å². The summed E-state index contributed by atoms with van der Waals surface area (Å²) >= 11 is 0. The number of carbonyl (C=O) groups excluding carboxylic acids is 2. The molecule has 0 heterocycles. The number of rotatable bonds is 14. The lowest BCUT2D eigenvalue weighted by atomic mass is 10.1. The van der Waals surface area contributed by atoms with Gasteiger partial charge in [-0.05, 0) is 18.6 Å². The van der Waals surface area contributed by atoms with Crippen LogP contribution < -0.4 is 10.6 Å². The van der Waals surface area contributed by atoms with Crippen LogP contribution in [-0.4, -0.2) is 23.3 Å². The molecule has 7 heteroatoms. The SMILES string of the molecule is CCCCCCCCCCCCNC(=O)c1ccc(NC(C)=O)c([N+](=O)[O-])c1. The van der Waals surface area contributed by atoms with Crippen LogP contribution in [0.15, 0.2) is 18.2 Å². The zero-order valence-corrected chi connectivity index (χ0v) is 17.1. The maximum atomic E-state index is 12.2. The second-order valence-electron chi connectivity index (χ2n) is 7.11. The number of nitro groups is 1. The van der Waals surface area contributed by atoms with Crippen LogP contribution in [0.3, 0.4) is 0 Å². The Morgan fingerprint density at radius 3 is 2.07 bits per heavy atom. The second-order valence-corrected chi connectivity index (χ2v) is 7.11. The van der Waals surface area contributed by atoms with Gasteiger partial charge in [0.25, 0.3) is 11.6 Å². The predicted molar refractivity (Wildman–Crippen MR) is 112 cm³/mol. The topological polar surface area (TPSA) is 101 Å². The smallest absolute Gasteiger partial charge is 0.293 e. The molecule has 156 valence electrons. The average molecular weight is 392 g/mol. The van der Waals surface area contributed by atoms with Gasteiger partial charge in [0.2, 0.25) is 5.91 Å². The van der Waals surface area contributed by atoms with E-state index in [1.807, 2.05) is 0 Å². The molecule has 0 saturated carbocycles. The number of hydrogen-bond acceptors (Lipinski definition) is 4. The van der Waals surface area contributed by atoms with Crippen molar-refractivity contribution in [1.29, 1.82) is 0 Å². The first-order valence-corrected chi connectivity index (χ1v) is 10.3. The maximum absolute atomic E-state index is 12.2. The summed E-state index contributed by atoms with van der Waals surface area (Å²) in [4.78, 5) is 33.9. The summed E-state index contributed by atoms with van der Waals surface area (Å²) in [5.74, 6) is -0.741. The number of amides is 2. The van der Waals surface area contributed by atoms with E-state index in [-0.39, 0.29) is 22.8 Å². The van der Waals surface area contributed by atoms with Gasteiger partial charge in [-0.1, -0.05) is 64.7 Å². The zero-order chi connectivity index (χ0) is 20.8. The highest BCUT2D eigenvalue weighted by atomic mass is 16.6. The van der Waals surface area contributed by atoms with E-state index in [0.29, 0.717) is 6.54 Å². The van der Waals surface area contributed by atoms with Crippen LogP contribution in [0.5, 0.6) is 0 Å². The molecule has 0 radical (unpaired) electrons. The highest BCUT2D eigenvalue weighted by Crippen LogP contribution is 2.25. The van der Waals surface area contributed by atoms with Gasteiger partial charge in [-0.3, -0.25) is 19.7 Å². The Labute approximate surface area is 167 Å². The Bertz CT molecular complexity index is 647. The van der Waals surface area contributed by atoms with E-state index < -0.39 is 10.8 Å². The van der Waals surface area contributed by atoms with Crippen LogP contribution in [-0.2, 0) is 4.79 Å². The normalized spacial score (nSPS) is 10.5. The monoisotopic (exact) mass is 391 g/mol. The van der Waals surface area contributed by atoms with Crippen LogP contribution in [0.1, 0.15) is 88.4 Å². The molecule has 7 nitrogen and oxygen atoms in total. The van der Waals surface area contributed by atoms with Gasteiger partial charge in [0.1, 0.15) is 5.69 Å². The minimum absolute atomic E-state index is 0.0868. The van der Waals surface area contributed by atoms with Crippen molar-refractivity contribution in [2.75, 3.05) is 11.9 Å². The van der Waals surface area contributed by atoms with Crippen molar-refractivity contribution in [2.45, 2.75) is 78.1 Å². The Kier molecular flexibility index (Phi) is 11.5. The first kappa shape index (κ1) is 23.6. The zero-order valence-electron chi connectivity index (χ0n) is 17.1. The van der Waals surface area contributed by atoms with Crippen LogP contribution in [0.2, 0.25) is 0 Å². The fraction of sp³-hybridized carbons (Fsp3) is 0.619. The largest absolute Gasteiger partial charge is 0.352 e. The van der Waals surface area contributed by atoms with E-state index in [4.69, 9.17) is 0 Å². The number of carbonyl (C=O) groups is 2. The third-order valence-corrected chi connectivity index (χ3v) is 4.58. The third-order valence-electron chi connectivity index (χ3n) is 4.58. The number of nitrogens with one attached hydrogen (secondary N) is 2. The highest BCUT2D eigenvalue weighted by molar-refractivity contribution is 5.97. The van der Waals surface area contributed by atoms with Crippen LogP contribution >= 0.6 is 0 Å². The van der Waals surface area contributed by atoms with Crippen molar-refractivity contribution in [3.8, 4) is 0 Å². The van der Waals surface area contributed by atoms with Crippen molar-refractivity contribution in [3.05, 3.63) is 33.9 Å². The molecule has 0 bridgehead atoms. The van der Waals surface area contributed by atoms with Crippen molar-refractivity contribution in [1.82, 2.24) is 5.32 Å². The summed E-state index contributed by atoms with van der Waals surface area (Å²) in [7, 11) is 0. The van der Waals surface area contributed by atoms with Gasteiger partial charge in [-0.15, -0.1) is 0 Å². The number of hydrogen-bond donors (Lipinski definition) is 2. The Morgan fingerprint density at radius 1 is 0.964 bits per heavy atom. The molecule has 0 aromatic heterocycles. The summed E-state index contributed by atoms with van der Waals surface area (Å²) in [5.41, 5.74) is 0.0124. The molecule has 0 atom stereocenters. The number of benzene rings is 1. The lowest BCUT2D eigenvalue weighted by molar-refractivity contribution is -0.384. The summed E-state index contributed by atoms with van der Waals surface area (Å²) in [6.45, 7) is 4.05. The predicted octanol–water partition coefficient (Wildman–Crippen LogP) is 5.20. The fourth-order valence-electron chi connectivity index (χ4n) is 3.04. The van der Waals surface area contributed by atoms with Gasteiger partial charge in [0.15, 0.2) is 0 Å². The van der Waals surface area contributed by atoms with E-state index in [1.54, 1.807) is 0 Å².